The van der Waals surface area contributed by atoms with Gasteiger partial charge in [0.25, 0.3) is 0 Å². The van der Waals surface area contributed by atoms with Crippen molar-refractivity contribution in [3.8, 4) is 0 Å². The molecule has 2 rings (SSSR count). The van der Waals surface area contributed by atoms with E-state index >= 15 is 0 Å². The third kappa shape index (κ3) is 4.83. The molecule has 3 unspecified atom stereocenters. The Hall–Kier alpha value is -0.330. The van der Waals surface area contributed by atoms with Crippen LogP contribution in [-0.2, 0) is 14.6 Å². The molecule has 1 amide bonds. The molecule has 0 saturated heterocycles. The van der Waals surface area contributed by atoms with Crippen molar-refractivity contribution in [2.24, 2.45) is 23.5 Å². The molecule has 0 spiro atoms. The molecule has 0 aromatic heterocycles. The second-order valence-electron chi connectivity index (χ2n) is 7.19. The molecule has 2 N–H and O–H groups in total. The van der Waals surface area contributed by atoms with E-state index in [0.29, 0.717) is 11.8 Å². The highest BCUT2D eigenvalue weighted by atomic mass is 35.5. The van der Waals surface area contributed by atoms with Gasteiger partial charge in [0.05, 0.1) is 5.75 Å². The molecule has 2 bridgehead atoms. The topological polar surface area (TPSA) is 80.5 Å². The van der Waals surface area contributed by atoms with Crippen molar-refractivity contribution in [3.05, 3.63) is 0 Å². The van der Waals surface area contributed by atoms with Gasteiger partial charge in [0, 0.05) is 30.8 Å². The Balaban J connectivity index is 0.00000264. The number of fused-ring (bicyclic) bond motifs is 2. The minimum absolute atomic E-state index is 0. The highest BCUT2D eigenvalue weighted by Crippen LogP contribution is 2.42. The molecule has 0 aliphatic heterocycles. The van der Waals surface area contributed by atoms with Gasteiger partial charge in [-0.1, -0.05) is 13.3 Å². The van der Waals surface area contributed by atoms with Gasteiger partial charge < -0.3 is 10.6 Å². The molecule has 0 heterocycles. The Morgan fingerprint density at radius 3 is 2.26 bits per heavy atom. The van der Waals surface area contributed by atoms with Crippen molar-refractivity contribution >= 4 is 28.2 Å². The molecular weight excluding hydrogens is 336 g/mol. The maximum atomic E-state index is 12.7. The van der Waals surface area contributed by atoms with Gasteiger partial charge in [-0.05, 0) is 44.4 Å². The summed E-state index contributed by atoms with van der Waals surface area (Å²) in [5, 5.41) is 0. The number of carbonyl (C=O) groups is 1. The Bertz CT molecular complexity index is 497. The van der Waals surface area contributed by atoms with Gasteiger partial charge in [0.15, 0.2) is 9.84 Å². The lowest BCUT2D eigenvalue weighted by Gasteiger charge is -2.44. The first kappa shape index (κ1) is 20.7. The number of nitrogens with zero attached hydrogens (tertiary/aromatic N) is 1. The fraction of sp³-hybridized carbons (Fsp3) is 0.938. The van der Waals surface area contributed by atoms with Gasteiger partial charge in [0.1, 0.15) is 0 Å². The van der Waals surface area contributed by atoms with Gasteiger partial charge in [0.2, 0.25) is 5.91 Å². The molecule has 2 saturated carbocycles. The van der Waals surface area contributed by atoms with E-state index < -0.39 is 9.84 Å². The SMILES string of the molecule is CCS(=O)(=O)CC(C)N(C)C(=O)C1CC2CCCC(C1)C2N.Cl. The smallest absolute Gasteiger partial charge is 0.225 e. The summed E-state index contributed by atoms with van der Waals surface area (Å²) >= 11 is 0. The molecule has 7 heteroatoms. The predicted octanol–water partition coefficient (Wildman–Crippen LogP) is 1.84. The number of rotatable bonds is 5. The van der Waals surface area contributed by atoms with E-state index in [1.165, 1.54) is 6.42 Å². The number of hydrogen-bond donors (Lipinski definition) is 1. The zero-order valence-corrected chi connectivity index (χ0v) is 16.0. The van der Waals surface area contributed by atoms with E-state index in [-0.39, 0.29) is 47.8 Å². The van der Waals surface area contributed by atoms with E-state index in [2.05, 4.69) is 0 Å². The van der Waals surface area contributed by atoms with Crippen LogP contribution in [-0.4, -0.2) is 49.9 Å². The van der Waals surface area contributed by atoms with Crippen LogP contribution in [0.2, 0.25) is 0 Å². The first-order valence-electron chi connectivity index (χ1n) is 8.47. The Morgan fingerprint density at radius 2 is 1.78 bits per heavy atom. The summed E-state index contributed by atoms with van der Waals surface area (Å²) in [6, 6.07) is -0.0195. The molecule has 23 heavy (non-hydrogen) atoms. The summed E-state index contributed by atoms with van der Waals surface area (Å²) < 4.78 is 23.5. The van der Waals surface area contributed by atoms with E-state index in [4.69, 9.17) is 5.73 Å². The zero-order valence-electron chi connectivity index (χ0n) is 14.4. The number of nitrogens with two attached hydrogens (primary N) is 1. The lowest BCUT2D eigenvalue weighted by Crippen LogP contribution is -2.51. The van der Waals surface area contributed by atoms with E-state index in [1.54, 1.807) is 18.9 Å². The Morgan fingerprint density at radius 1 is 1.26 bits per heavy atom. The van der Waals surface area contributed by atoms with Gasteiger partial charge in [-0.15, -0.1) is 12.4 Å². The van der Waals surface area contributed by atoms with Crippen molar-refractivity contribution in [2.75, 3.05) is 18.6 Å². The fourth-order valence-electron chi connectivity index (χ4n) is 4.09. The van der Waals surface area contributed by atoms with Crippen LogP contribution in [0, 0.1) is 17.8 Å². The minimum atomic E-state index is -3.07. The lowest BCUT2D eigenvalue weighted by atomic mass is 9.65. The molecule has 2 fully saturated rings. The van der Waals surface area contributed by atoms with Crippen molar-refractivity contribution in [2.45, 2.75) is 58.0 Å². The van der Waals surface area contributed by atoms with Crippen molar-refractivity contribution in [1.29, 1.82) is 0 Å². The number of carbonyl (C=O) groups excluding carboxylic acids is 1. The van der Waals surface area contributed by atoms with Gasteiger partial charge in [-0.25, -0.2) is 8.42 Å². The second kappa shape index (κ2) is 8.17. The average Bonchev–Trinajstić information content (AvgIpc) is 2.45. The van der Waals surface area contributed by atoms with Gasteiger partial charge in [-0.3, -0.25) is 4.79 Å². The molecule has 2 aliphatic carbocycles. The highest BCUT2D eigenvalue weighted by Gasteiger charge is 2.41. The zero-order chi connectivity index (χ0) is 16.5. The second-order valence-corrected chi connectivity index (χ2v) is 9.59. The van der Waals surface area contributed by atoms with Crippen molar-refractivity contribution < 1.29 is 13.2 Å². The maximum Gasteiger partial charge on any atom is 0.225 e. The summed E-state index contributed by atoms with van der Waals surface area (Å²) in [4.78, 5) is 14.4. The minimum Gasteiger partial charge on any atom is -0.342 e. The molecular formula is C16H31ClN2O3S. The molecule has 0 aromatic rings. The summed E-state index contributed by atoms with van der Waals surface area (Å²) in [6.07, 6.45) is 5.23. The van der Waals surface area contributed by atoms with Crippen LogP contribution in [0.15, 0.2) is 0 Å². The number of sulfone groups is 1. The van der Waals surface area contributed by atoms with Crippen LogP contribution in [0.3, 0.4) is 0 Å². The molecule has 0 radical (unpaired) electrons. The summed E-state index contributed by atoms with van der Waals surface area (Å²) in [7, 11) is -1.33. The fourth-order valence-corrected chi connectivity index (χ4v) is 5.29. The van der Waals surface area contributed by atoms with Crippen LogP contribution in [0.1, 0.15) is 46.0 Å². The first-order chi connectivity index (χ1) is 10.2. The van der Waals surface area contributed by atoms with Gasteiger partial charge in [-0.2, -0.15) is 0 Å². The van der Waals surface area contributed by atoms with Crippen molar-refractivity contribution in [3.63, 3.8) is 0 Å². The highest BCUT2D eigenvalue weighted by molar-refractivity contribution is 7.91. The molecule has 2 aliphatic rings. The van der Waals surface area contributed by atoms with Crippen LogP contribution in [0.25, 0.3) is 0 Å². The van der Waals surface area contributed by atoms with Crippen LogP contribution >= 0.6 is 12.4 Å². The number of amides is 1. The Labute approximate surface area is 146 Å². The predicted molar refractivity (Wildman–Crippen MR) is 95.3 cm³/mol. The third-order valence-electron chi connectivity index (χ3n) is 5.71. The Kier molecular flexibility index (Phi) is 7.36. The van der Waals surface area contributed by atoms with Crippen LogP contribution < -0.4 is 5.73 Å². The quantitative estimate of drug-likeness (QED) is 0.805. The largest absolute Gasteiger partial charge is 0.342 e. The summed E-state index contributed by atoms with van der Waals surface area (Å²) in [5.41, 5.74) is 6.28. The normalized spacial score (nSPS) is 31.8. The maximum absolute atomic E-state index is 12.7. The summed E-state index contributed by atoms with van der Waals surface area (Å²) in [6.45, 7) is 3.47. The first-order valence-corrected chi connectivity index (χ1v) is 10.3. The number of halogens is 1. The molecule has 5 nitrogen and oxygen atoms in total. The summed E-state index contributed by atoms with van der Waals surface area (Å²) in [5.74, 6) is 1.22. The van der Waals surface area contributed by atoms with Crippen LogP contribution in [0.4, 0.5) is 0 Å². The van der Waals surface area contributed by atoms with Crippen LogP contribution in [0.5, 0.6) is 0 Å². The van der Waals surface area contributed by atoms with E-state index in [9.17, 15) is 13.2 Å². The van der Waals surface area contributed by atoms with Gasteiger partial charge >= 0.3 is 0 Å². The average molecular weight is 367 g/mol. The molecule has 136 valence electrons. The molecule has 0 aromatic carbocycles. The van der Waals surface area contributed by atoms with Crippen molar-refractivity contribution in [1.82, 2.24) is 4.90 Å². The molecule has 3 atom stereocenters. The monoisotopic (exact) mass is 366 g/mol. The standard InChI is InChI=1S/C16H30N2O3S.ClH/c1-4-22(20,21)10-11(2)18(3)16(19)14-8-12-6-5-7-13(9-14)15(12)17;/h11-15H,4-10,17H2,1-3H3;1H. The third-order valence-corrected chi connectivity index (χ3v) is 7.58. The van der Waals surface area contributed by atoms with E-state index in [0.717, 1.165) is 25.7 Å². The number of hydrogen-bond acceptors (Lipinski definition) is 4. The van der Waals surface area contributed by atoms with E-state index in [1.807, 2.05) is 6.92 Å². The lowest BCUT2D eigenvalue weighted by molar-refractivity contribution is -0.138.